The Morgan fingerprint density at radius 3 is 2.77 bits per heavy atom. The third-order valence-electron chi connectivity index (χ3n) is 4.97. The molecule has 120 valence electrons. The minimum atomic E-state index is 0.128. The normalized spacial score (nSPS) is 22.3. The van der Waals surface area contributed by atoms with Crippen molar-refractivity contribution in [1.82, 2.24) is 14.9 Å². The molecule has 0 radical (unpaired) electrons. The number of carbonyl (C=O) groups is 1. The Bertz CT molecular complexity index is 539. The van der Waals surface area contributed by atoms with E-state index in [2.05, 4.69) is 20.2 Å². The SMILES string of the molecule is CNc1cc([C@@H]2CCCN2C(=O)CC2CCCC2)nc(C)n1. The maximum atomic E-state index is 12.7. The van der Waals surface area contributed by atoms with Gasteiger partial charge in [0.05, 0.1) is 11.7 Å². The number of likely N-dealkylation sites (tertiary alicyclic amines) is 1. The summed E-state index contributed by atoms with van der Waals surface area (Å²) in [5.74, 6) is 2.51. The fourth-order valence-corrected chi connectivity index (χ4v) is 3.84. The monoisotopic (exact) mass is 302 g/mol. The van der Waals surface area contributed by atoms with Gasteiger partial charge in [-0.05, 0) is 38.5 Å². The van der Waals surface area contributed by atoms with Gasteiger partial charge >= 0.3 is 0 Å². The van der Waals surface area contributed by atoms with Crippen LogP contribution in [0.2, 0.25) is 0 Å². The van der Waals surface area contributed by atoms with Gasteiger partial charge in [0, 0.05) is 26.1 Å². The zero-order valence-electron chi connectivity index (χ0n) is 13.6. The van der Waals surface area contributed by atoms with Gasteiger partial charge in [-0.2, -0.15) is 0 Å². The minimum absolute atomic E-state index is 0.128. The number of carbonyl (C=O) groups excluding carboxylic acids is 1. The van der Waals surface area contributed by atoms with E-state index in [4.69, 9.17) is 0 Å². The lowest BCUT2D eigenvalue weighted by Crippen LogP contribution is -2.32. The summed E-state index contributed by atoms with van der Waals surface area (Å²) in [6.07, 6.45) is 7.83. The predicted octanol–water partition coefficient (Wildman–Crippen LogP) is 3.07. The van der Waals surface area contributed by atoms with Crippen LogP contribution in [0.15, 0.2) is 6.07 Å². The van der Waals surface area contributed by atoms with Crippen LogP contribution in [0.3, 0.4) is 0 Å². The molecule has 5 heteroatoms. The van der Waals surface area contributed by atoms with Crippen LogP contribution in [-0.4, -0.2) is 34.4 Å². The Hall–Kier alpha value is -1.65. The molecule has 2 aliphatic rings. The molecular formula is C17H26N4O. The van der Waals surface area contributed by atoms with Crippen LogP contribution in [0.25, 0.3) is 0 Å². The van der Waals surface area contributed by atoms with Crippen LogP contribution in [0.4, 0.5) is 5.82 Å². The number of nitrogens with zero attached hydrogens (tertiary/aromatic N) is 3. The summed E-state index contributed by atoms with van der Waals surface area (Å²) < 4.78 is 0. The van der Waals surface area contributed by atoms with Crippen molar-refractivity contribution < 1.29 is 4.79 Å². The fraction of sp³-hybridized carbons (Fsp3) is 0.706. The van der Waals surface area contributed by atoms with Crippen LogP contribution in [0.5, 0.6) is 0 Å². The number of hydrogen-bond donors (Lipinski definition) is 1. The summed E-state index contributed by atoms with van der Waals surface area (Å²) in [6.45, 7) is 2.78. The second kappa shape index (κ2) is 6.63. The second-order valence-electron chi connectivity index (χ2n) is 6.58. The van der Waals surface area contributed by atoms with Crippen molar-refractivity contribution in [3.05, 3.63) is 17.6 Å². The van der Waals surface area contributed by atoms with E-state index >= 15 is 0 Å². The molecular weight excluding hydrogens is 276 g/mol. The quantitative estimate of drug-likeness (QED) is 0.928. The van der Waals surface area contributed by atoms with Gasteiger partial charge < -0.3 is 10.2 Å². The highest BCUT2D eigenvalue weighted by molar-refractivity contribution is 5.77. The van der Waals surface area contributed by atoms with Crippen molar-refractivity contribution in [2.24, 2.45) is 5.92 Å². The minimum Gasteiger partial charge on any atom is -0.373 e. The zero-order chi connectivity index (χ0) is 15.5. The van der Waals surface area contributed by atoms with E-state index in [-0.39, 0.29) is 6.04 Å². The number of anilines is 1. The molecule has 1 aromatic heterocycles. The van der Waals surface area contributed by atoms with Gasteiger partial charge in [0.25, 0.3) is 0 Å². The van der Waals surface area contributed by atoms with Gasteiger partial charge in [-0.1, -0.05) is 12.8 Å². The van der Waals surface area contributed by atoms with E-state index in [0.717, 1.165) is 43.1 Å². The smallest absolute Gasteiger partial charge is 0.223 e. The topological polar surface area (TPSA) is 58.1 Å². The standard InChI is InChI=1S/C17H26N4O/c1-12-19-14(11-16(18-2)20-12)15-8-5-9-21(15)17(22)10-13-6-3-4-7-13/h11,13,15H,3-10H2,1-2H3,(H,18,19,20)/t15-/m0/s1. The summed E-state index contributed by atoms with van der Waals surface area (Å²) in [4.78, 5) is 23.7. The number of hydrogen-bond acceptors (Lipinski definition) is 4. The highest BCUT2D eigenvalue weighted by Gasteiger charge is 2.32. The number of aryl methyl sites for hydroxylation is 1. The highest BCUT2D eigenvalue weighted by atomic mass is 16.2. The predicted molar refractivity (Wildman–Crippen MR) is 86.6 cm³/mol. The van der Waals surface area contributed by atoms with Crippen LogP contribution in [-0.2, 0) is 4.79 Å². The number of rotatable bonds is 4. The molecule has 2 fully saturated rings. The van der Waals surface area contributed by atoms with E-state index in [1.165, 1.54) is 25.7 Å². The maximum absolute atomic E-state index is 12.7. The van der Waals surface area contributed by atoms with E-state index in [9.17, 15) is 4.79 Å². The van der Waals surface area contributed by atoms with Crippen LogP contribution in [0, 0.1) is 12.8 Å². The molecule has 1 amide bonds. The molecule has 3 rings (SSSR count). The molecule has 1 aromatic rings. The summed E-state index contributed by atoms with van der Waals surface area (Å²) in [6, 6.07) is 2.11. The van der Waals surface area contributed by atoms with Gasteiger partial charge in [-0.25, -0.2) is 9.97 Å². The lowest BCUT2D eigenvalue weighted by molar-refractivity contribution is -0.133. The summed E-state index contributed by atoms with van der Waals surface area (Å²) >= 11 is 0. The van der Waals surface area contributed by atoms with E-state index < -0.39 is 0 Å². The Balaban J connectivity index is 1.74. The Morgan fingerprint density at radius 2 is 2.05 bits per heavy atom. The molecule has 2 heterocycles. The van der Waals surface area contributed by atoms with Crippen LogP contribution < -0.4 is 5.32 Å². The Labute approximate surface area is 132 Å². The van der Waals surface area contributed by atoms with Crippen LogP contribution >= 0.6 is 0 Å². The first kappa shape index (κ1) is 15.3. The molecule has 1 aliphatic carbocycles. The van der Waals surface area contributed by atoms with Crippen molar-refractivity contribution in [2.75, 3.05) is 18.9 Å². The lowest BCUT2D eigenvalue weighted by atomic mass is 10.0. The van der Waals surface area contributed by atoms with Crippen molar-refractivity contribution in [3.8, 4) is 0 Å². The average Bonchev–Trinajstić information content (AvgIpc) is 3.17. The van der Waals surface area contributed by atoms with Gasteiger partial charge in [-0.3, -0.25) is 4.79 Å². The van der Waals surface area contributed by atoms with Gasteiger partial charge in [0.15, 0.2) is 0 Å². The third kappa shape index (κ3) is 3.23. The largest absolute Gasteiger partial charge is 0.373 e. The molecule has 1 N–H and O–H groups in total. The Kier molecular flexibility index (Phi) is 4.60. The summed E-state index contributed by atoms with van der Waals surface area (Å²) in [5.41, 5.74) is 0.981. The average molecular weight is 302 g/mol. The molecule has 1 saturated carbocycles. The van der Waals surface area contributed by atoms with Gasteiger partial charge in [0.1, 0.15) is 11.6 Å². The molecule has 0 bridgehead atoms. The third-order valence-corrected chi connectivity index (χ3v) is 4.97. The van der Waals surface area contributed by atoms with E-state index in [0.29, 0.717) is 11.8 Å². The Morgan fingerprint density at radius 1 is 1.27 bits per heavy atom. The fourth-order valence-electron chi connectivity index (χ4n) is 3.84. The molecule has 0 unspecified atom stereocenters. The summed E-state index contributed by atoms with van der Waals surface area (Å²) in [7, 11) is 1.86. The van der Waals surface area contributed by atoms with Crippen molar-refractivity contribution >= 4 is 11.7 Å². The van der Waals surface area contributed by atoms with Crippen molar-refractivity contribution in [3.63, 3.8) is 0 Å². The second-order valence-corrected chi connectivity index (χ2v) is 6.58. The maximum Gasteiger partial charge on any atom is 0.223 e. The van der Waals surface area contributed by atoms with Crippen molar-refractivity contribution in [2.45, 2.75) is 57.9 Å². The summed E-state index contributed by atoms with van der Waals surface area (Å²) in [5, 5.41) is 3.08. The first-order valence-corrected chi connectivity index (χ1v) is 8.50. The van der Waals surface area contributed by atoms with Gasteiger partial charge in [-0.15, -0.1) is 0 Å². The number of nitrogens with one attached hydrogen (secondary N) is 1. The van der Waals surface area contributed by atoms with Gasteiger partial charge in [0.2, 0.25) is 5.91 Å². The number of aromatic nitrogens is 2. The first-order valence-electron chi connectivity index (χ1n) is 8.50. The molecule has 0 aromatic carbocycles. The molecule has 1 aliphatic heterocycles. The molecule has 0 spiro atoms. The van der Waals surface area contributed by atoms with Crippen LogP contribution in [0.1, 0.15) is 62.5 Å². The molecule has 5 nitrogen and oxygen atoms in total. The lowest BCUT2D eigenvalue weighted by Gasteiger charge is -2.26. The van der Waals surface area contributed by atoms with E-state index in [1.807, 2.05) is 20.0 Å². The highest BCUT2D eigenvalue weighted by Crippen LogP contribution is 2.34. The molecule has 1 atom stereocenters. The first-order chi connectivity index (χ1) is 10.7. The van der Waals surface area contributed by atoms with Crippen molar-refractivity contribution in [1.29, 1.82) is 0 Å². The van der Waals surface area contributed by atoms with E-state index in [1.54, 1.807) is 0 Å². The molecule has 1 saturated heterocycles. The zero-order valence-corrected chi connectivity index (χ0v) is 13.6. The molecule has 22 heavy (non-hydrogen) atoms. The number of amides is 1.